The van der Waals surface area contributed by atoms with Gasteiger partial charge in [-0.1, -0.05) is 0 Å². The number of nitrogens with one attached hydrogen (secondary N) is 1. The monoisotopic (exact) mass is 231 g/mol. The molecule has 0 saturated heterocycles. The number of carboxylic acid groups (broad SMARTS) is 1. The largest absolute Gasteiger partial charge is 0.480 e. The Labute approximate surface area is 91.8 Å². The van der Waals surface area contributed by atoms with E-state index in [9.17, 15) is 19.2 Å². The SMILES string of the molecule is CC(=O)CC(=O)OC[C@H](NC(C)=O)C(=O)O. The van der Waals surface area contributed by atoms with E-state index in [2.05, 4.69) is 10.1 Å². The van der Waals surface area contributed by atoms with Crippen molar-refractivity contribution in [1.82, 2.24) is 5.32 Å². The first-order valence-electron chi connectivity index (χ1n) is 4.48. The molecule has 16 heavy (non-hydrogen) atoms. The fraction of sp³-hybridized carbons (Fsp3) is 0.556. The summed E-state index contributed by atoms with van der Waals surface area (Å²) < 4.78 is 4.52. The van der Waals surface area contributed by atoms with Gasteiger partial charge in [0, 0.05) is 6.92 Å². The van der Waals surface area contributed by atoms with Crippen LogP contribution >= 0.6 is 0 Å². The molecule has 0 aromatic heterocycles. The van der Waals surface area contributed by atoms with Crippen molar-refractivity contribution in [3.8, 4) is 0 Å². The van der Waals surface area contributed by atoms with Crippen molar-refractivity contribution < 1.29 is 29.0 Å². The van der Waals surface area contributed by atoms with E-state index in [1.807, 2.05) is 0 Å². The maximum atomic E-state index is 10.9. The molecule has 0 aliphatic rings. The van der Waals surface area contributed by atoms with Crippen LogP contribution in [0.25, 0.3) is 0 Å². The maximum absolute atomic E-state index is 10.9. The third kappa shape index (κ3) is 6.52. The molecule has 7 nitrogen and oxygen atoms in total. The highest BCUT2D eigenvalue weighted by atomic mass is 16.5. The number of carbonyl (C=O) groups excluding carboxylic acids is 3. The Morgan fingerprint density at radius 2 is 1.81 bits per heavy atom. The van der Waals surface area contributed by atoms with Crippen LogP contribution in [0.4, 0.5) is 0 Å². The fourth-order valence-corrected chi connectivity index (χ4v) is 0.851. The summed E-state index contributed by atoms with van der Waals surface area (Å²) in [7, 11) is 0. The van der Waals surface area contributed by atoms with Gasteiger partial charge in [-0.05, 0) is 6.92 Å². The predicted octanol–water partition coefficient (Wildman–Crippen LogP) is -0.902. The molecule has 0 radical (unpaired) electrons. The highest BCUT2D eigenvalue weighted by Gasteiger charge is 2.20. The van der Waals surface area contributed by atoms with E-state index in [4.69, 9.17) is 5.11 Å². The number of hydrogen-bond donors (Lipinski definition) is 2. The van der Waals surface area contributed by atoms with Crippen LogP contribution in [0.15, 0.2) is 0 Å². The quantitative estimate of drug-likeness (QED) is 0.452. The lowest BCUT2D eigenvalue weighted by atomic mass is 10.3. The molecule has 1 amide bonds. The van der Waals surface area contributed by atoms with E-state index in [1.165, 1.54) is 6.92 Å². The molecule has 0 aliphatic carbocycles. The Hall–Kier alpha value is -1.92. The number of esters is 1. The molecule has 0 aromatic rings. The van der Waals surface area contributed by atoms with Gasteiger partial charge in [0.1, 0.15) is 18.8 Å². The molecule has 0 bridgehead atoms. The van der Waals surface area contributed by atoms with E-state index in [-0.39, 0.29) is 5.78 Å². The van der Waals surface area contributed by atoms with Crippen molar-refractivity contribution in [2.24, 2.45) is 0 Å². The number of amides is 1. The van der Waals surface area contributed by atoms with Gasteiger partial charge in [0.2, 0.25) is 5.91 Å². The number of hydrogen-bond acceptors (Lipinski definition) is 5. The van der Waals surface area contributed by atoms with E-state index in [0.29, 0.717) is 0 Å². The molecular formula is C9H13NO6. The van der Waals surface area contributed by atoms with E-state index in [0.717, 1.165) is 6.92 Å². The Bertz CT molecular complexity index is 311. The number of aliphatic carboxylic acids is 1. The second-order valence-corrected chi connectivity index (χ2v) is 3.15. The number of carboxylic acids is 1. The lowest BCUT2D eigenvalue weighted by molar-refractivity contribution is -0.151. The van der Waals surface area contributed by atoms with Gasteiger partial charge in [-0.25, -0.2) is 4.79 Å². The first-order valence-corrected chi connectivity index (χ1v) is 4.48. The molecule has 0 unspecified atom stereocenters. The molecule has 0 aromatic carbocycles. The Morgan fingerprint density at radius 3 is 2.19 bits per heavy atom. The van der Waals surface area contributed by atoms with Gasteiger partial charge >= 0.3 is 11.9 Å². The summed E-state index contributed by atoms with van der Waals surface area (Å²) in [4.78, 5) is 42.6. The van der Waals surface area contributed by atoms with Gasteiger partial charge in [-0.2, -0.15) is 0 Å². The summed E-state index contributed by atoms with van der Waals surface area (Å²) in [5.74, 6) is -3.05. The average Bonchev–Trinajstić information content (AvgIpc) is 2.09. The van der Waals surface area contributed by atoms with Crippen LogP contribution in [0.5, 0.6) is 0 Å². The van der Waals surface area contributed by atoms with Gasteiger partial charge in [-0.3, -0.25) is 14.4 Å². The molecule has 0 saturated carbocycles. The van der Waals surface area contributed by atoms with Gasteiger partial charge < -0.3 is 15.2 Å². The molecule has 90 valence electrons. The second kappa shape index (κ2) is 6.54. The number of Topliss-reactive ketones (excluding diaryl/α,β-unsaturated/α-hetero) is 1. The summed E-state index contributed by atoms with van der Waals surface area (Å²) in [6.45, 7) is 1.86. The third-order valence-corrected chi connectivity index (χ3v) is 1.48. The summed E-state index contributed by atoms with van der Waals surface area (Å²) >= 11 is 0. The number of ketones is 1. The van der Waals surface area contributed by atoms with Crippen molar-refractivity contribution >= 4 is 23.6 Å². The van der Waals surface area contributed by atoms with E-state index >= 15 is 0 Å². The maximum Gasteiger partial charge on any atom is 0.329 e. The number of ether oxygens (including phenoxy) is 1. The molecule has 0 rings (SSSR count). The molecule has 0 aliphatic heterocycles. The van der Waals surface area contributed by atoms with Crippen LogP contribution in [0, 0.1) is 0 Å². The summed E-state index contributed by atoms with van der Waals surface area (Å²) in [5, 5.41) is 10.7. The van der Waals surface area contributed by atoms with Crippen LogP contribution in [0.2, 0.25) is 0 Å². The van der Waals surface area contributed by atoms with Crippen LogP contribution in [-0.4, -0.2) is 41.4 Å². The van der Waals surface area contributed by atoms with Crippen LogP contribution in [0.3, 0.4) is 0 Å². The summed E-state index contributed by atoms with van der Waals surface area (Å²) in [5.41, 5.74) is 0. The smallest absolute Gasteiger partial charge is 0.329 e. The van der Waals surface area contributed by atoms with E-state index in [1.54, 1.807) is 0 Å². The standard InChI is InChI=1S/C9H13NO6/c1-5(11)3-8(13)16-4-7(9(14)15)10-6(2)12/h7H,3-4H2,1-2H3,(H,10,12)(H,14,15)/t7-/m0/s1. The van der Waals surface area contributed by atoms with Gasteiger partial charge in [0.25, 0.3) is 0 Å². The topological polar surface area (TPSA) is 110 Å². The second-order valence-electron chi connectivity index (χ2n) is 3.15. The molecule has 0 spiro atoms. The molecule has 7 heteroatoms. The highest BCUT2D eigenvalue weighted by Crippen LogP contribution is 1.92. The lowest BCUT2D eigenvalue weighted by Crippen LogP contribution is -2.43. The zero-order valence-electron chi connectivity index (χ0n) is 8.98. The minimum atomic E-state index is -1.31. The minimum Gasteiger partial charge on any atom is -0.480 e. The van der Waals surface area contributed by atoms with E-state index < -0.39 is 36.9 Å². The zero-order chi connectivity index (χ0) is 12.7. The van der Waals surface area contributed by atoms with Crippen LogP contribution in [-0.2, 0) is 23.9 Å². The van der Waals surface area contributed by atoms with Gasteiger partial charge in [-0.15, -0.1) is 0 Å². The van der Waals surface area contributed by atoms with Gasteiger partial charge in [0.05, 0.1) is 0 Å². The number of rotatable bonds is 6. The van der Waals surface area contributed by atoms with Crippen molar-refractivity contribution in [2.75, 3.05) is 6.61 Å². The third-order valence-electron chi connectivity index (χ3n) is 1.48. The van der Waals surface area contributed by atoms with Gasteiger partial charge in [0.15, 0.2) is 6.04 Å². The van der Waals surface area contributed by atoms with Crippen molar-refractivity contribution in [3.05, 3.63) is 0 Å². The Morgan fingerprint density at radius 1 is 1.25 bits per heavy atom. The van der Waals surface area contributed by atoms with Crippen molar-refractivity contribution in [2.45, 2.75) is 26.3 Å². The normalized spacial score (nSPS) is 11.4. The molecular weight excluding hydrogens is 218 g/mol. The average molecular weight is 231 g/mol. The molecule has 1 atom stereocenters. The first-order chi connectivity index (χ1) is 7.32. The fourth-order valence-electron chi connectivity index (χ4n) is 0.851. The Kier molecular flexibility index (Phi) is 5.76. The number of carbonyl (C=O) groups is 4. The van der Waals surface area contributed by atoms with Crippen LogP contribution in [0.1, 0.15) is 20.3 Å². The zero-order valence-corrected chi connectivity index (χ0v) is 8.98. The predicted molar refractivity (Wildman–Crippen MR) is 51.5 cm³/mol. The highest BCUT2D eigenvalue weighted by molar-refractivity contribution is 5.94. The van der Waals surface area contributed by atoms with Crippen molar-refractivity contribution in [1.29, 1.82) is 0 Å². The Balaban J connectivity index is 4.11. The summed E-state index contributed by atoms with van der Waals surface area (Å²) in [6, 6.07) is -1.30. The van der Waals surface area contributed by atoms with Crippen LogP contribution < -0.4 is 5.32 Å². The molecule has 0 fully saturated rings. The molecule has 0 heterocycles. The van der Waals surface area contributed by atoms with Crippen molar-refractivity contribution in [3.63, 3.8) is 0 Å². The minimum absolute atomic E-state index is 0.378. The lowest BCUT2D eigenvalue weighted by Gasteiger charge is -2.12. The first kappa shape index (κ1) is 14.1. The molecule has 2 N–H and O–H groups in total. The summed E-state index contributed by atoms with van der Waals surface area (Å²) in [6.07, 6.45) is -0.410.